The Hall–Kier alpha value is -3.74. The molecular formula is C30H44N2O10. The Balaban J connectivity index is 3.12. The smallest absolute Gasteiger partial charge is 0.405 e. The molecule has 0 fully saturated rings. The predicted molar refractivity (Wildman–Crippen MR) is 155 cm³/mol. The van der Waals surface area contributed by atoms with Crippen LogP contribution in [0.2, 0.25) is 0 Å². The molecule has 0 saturated carbocycles. The summed E-state index contributed by atoms with van der Waals surface area (Å²) < 4.78 is 26.3. The van der Waals surface area contributed by atoms with Gasteiger partial charge in [-0.2, -0.15) is 0 Å². The van der Waals surface area contributed by atoms with Gasteiger partial charge in [-0.05, 0) is 38.2 Å². The van der Waals surface area contributed by atoms with E-state index in [1.807, 2.05) is 6.92 Å². The van der Waals surface area contributed by atoms with Crippen molar-refractivity contribution in [3.05, 3.63) is 58.6 Å². The molecule has 12 nitrogen and oxygen atoms in total. The fraction of sp³-hybridized carbons (Fsp3) is 0.533. The summed E-state index contributed by atoms with van der Waals surface area (Å²) in [5.41, 5.74) is 12.0. The number of hydrogen-bond acceptors (Lipinski definition) is 11. The molecule has 12 heteroatoms. The lowest BCUT2D eigenvalue weighted by molar-refractivity contribution is -0.136. The molecule has 42 heavy (non-hydrogen) atoms. The van der Waals surface area contributed by atoms with Crippen LogP contribution in [-0.4, -0.2) is 81.6 Å². The van der Waals surface area contributed by atoms with Crippen LogP contribution in [0, 0.1) is 11.8 Å². The quantitative estimate of drug-likeness (QED) is 0.0785. The van der Waals surface area contributed by atoms with Crippen LogP contribution in [0.3, 0.4) is 0 Å². The van der Waals surface area contributed by atoms with Crippen LogP contribution in [0.5, 0.6) is 0 Å². The third kappa shape index (κ3) is 10.3. The number of aliphatic hydroxyl groups excluding tert-OH is 1. The fourth-order valence-corrected chi connectivity index (χ4v) is 4.64. The maximum atomic E-state index is 12.6. The molecule has 0 unspecified atom stereocenters. The molecule has 1 amide bonds. The van der Waals surface area contributed by atoms with Crippen molar-refractivity contribution < 1.29 is 48.0 Å². The van der Waals surface area contributed by atoms with E-state index in [1.165, 1.54) is 34.5 Å². The zero-order valence-corrected chi connectivity index (χ0v) is 25.5. The first-order chi connectivity index (χ1) is 19.7. The van der Waals surface area contributed by atoms with Crippen molar-refractivity contribution in [1.29, 1.82) is 0 Å². The molecule has 1 rings (SSSR count). The van der Waals surface area contributed by atoms with E-state index in [2.05, 4.69) is 4.74 Å². The molecule has 0 spiro atoms. The van der Waals surface area contributed by atoms with Crippen LogP contribution in [0.15, 0.2) is 58.6 Å². The SMILES string of the molecule is COC(=O)/C(C)=C/C=C\[C@@H](OC)[C@H](OC(N)=O)/C(C)=C/[C@@H](C)[C@H](O)[C@@H](C[C@H](C)CC1=C(OC)C(=O)C=C(N)C1=O)OC. The van der Waals surface area contributed by atoms with Gasteiger partial charge < -0.3 is 40.3 Å². The Morgan fingerprint density at radius 2 is 1.71 bits per heavy atom. The number of allylic oxidation sites excluding steroid dienone is 4. The van der Waals surface area contributed by atoms with Crippen LogP contribution < -0.4 is 11.5 Å². The number of aliphatic hydroxyl groups is 1. The maximum absolute atomic E-state index is 12.6. The van der Waals surface area contributed by atoms with Crippen molar-refractivity contribution in [3.8, 4) is 0 Å². The van der Waals surface area contributed by atoms with Crippen molar-refractivity contribution >= 4 is 23.6 Å². The highest BCUT2D eigenvalue weighted by Crippen LogP contribution is 2.28. The minimum absolute atomic E-state index is 0.0410. The Labute approximate surface area is 247 Å². The highest BCUT2D eigenvalue weighted by Gasteiger charge is 2.32. The van der Waals surface area contributed by atoms with E-state index in [9.17, 15) is 24.3 Å². The minimum atomic E-state index is -1.02. The first-order valence-electron chi connectivity index (χ1n) is 13.4. The molecule has 1 aliphatic rings. The van der Waals surface area contributed by atoms with Crippen molar-refractivity contribution in [2.45, 2.75) is 65.0 Å². The molecule has 0 aromatic heterocycles. The zero-order valence-electron chi connectivity index (χ0n) is 25.5. The van der Waals surface area contributed by atoms with Gasteiger partial charge in [0, 0.05) is 37.4 Å². The van der Waals surface area contributed by atoms with E-state index in [-0.39, 0.29) is 29.4 Å². The van der Waals surface area contributed by atoms with Gasteiger partial charge in [0.15, 0.2) is 11.9 Å². The number of nitrogens with two attached hydrogens (primary N) is 2. The third-order valence-electron chi connectivity index (χ3n) is 6.88. The van der Waals surface area contributed by atoms with Gasteiger partial charge in [0.25, 0.3) is 0 Å². The third-order valence-corrected chi connectivity index (χ3v) is 6.88. The standard InChI is InChI=1S/C30H44N2O10/c1-16(12-20-26(35)21(31)15-22(33)28(20)40-7)13-24(39-6)25(34)18(3)14-19(4)27(42-30(32)37)23(38-5)11-9-10-17(2)29(36)41-8/h9-11,14-16,18,23-25,27,34H,12-13,31H2,1-8H3,(H2,32,37)/b11-9-,17-10+,19-14+/t16-,18-,23-,24-,25+,27-/m1/s1. The molecule has 5 N–H and O–H groups in total. The number of rotatable bonds is 16. The van der Waals surface area contributed by atoms with Crippen molar-refractivity contribution in [2.24, 2.45) is 23.3 Å². The van der Waals surface area contributed by atoms with Crippen molar-refractivity contribution in [1.82, 2.24) is 0 Å². The van der Waals surface area contributed by atoms with Crippen LogP contribution in [0.4, 0.5) is 4.79 Å². The first kappa shape index (κ1) is 36.3. The molecular weight excluding hydrogens is 548 g/mol. The lowest BCUT2D eigenvalue weighted by Crippen LogP contribution is -2.37. The second kappa shape index (κ2) is 17.3. The molecule has 0 bridgehead atoms. The predicted octanol–water partition coefficient (Wildman–Crippen LogP) is 2.41. The summed E-state index contributed by atoms with van der Waals surface area (Å²) in [5, 5.41) is 11.2. The summed E-state index contributed by atoms with van der Waals surface area (Å²) in [4.78, 5) is 48.1. The summed E-state index contributed by atoms with van der Waals surface area (Å²) in [6.07, 6.45) is 3.66. The molecule has 1 aliphatic carbocycles. The largest absolute Gasteiger partial charge is 0.492 e. The number of primary amides is 1. The first-order valence-corrected chi connectivity index (χ1v) is 13.4. The van der Waals surface area contributed by atoms with Gasteiger partial charge in [-0.3, -0.25) is 9.59 Å². The second-order valence-electron chi connectivity index (χ2n) is 10.2. The molecule has 0 radical (unpaired) electrons. The van der Waals surface area contributed by atoms with Gasteiger partial charge in [0.05, 0.1) is 32.1 Å². The van der Waals surface area contributed by atoms with Crippen molar-refractivity contribution in [2.75, 3.05) is 28.4 Å². The normalized spacial score (nSPS) is 19.1. The average Bonchev–Trinajstić information content (AvgIpc) is 2.94. The Morgan fingerprint density at radius 3 is 2.24 bits per heavy atom. The highest BCUT2D eigenvalue weighted by atomic mass is 16.6. The number of carbonyl (C=O) groups is 4. The maximum Gasteiger partial charge on any atom is 0.405 e. The molecule has 6 atom stereocenters. The number of methoxy groups -OCH3 is 4. The minimum Gasteiger partial charge on any atom is -0.492 e. The van der Waals surface area contributed by atoms with Gasteiger partial charge in [-0.25, -0.2) is 9.59 Å². The molecule has 234 valence electrons. The number of ether oxygens (including phenoxy) is 5. The molecule has 0 aromatic rings. The molecule has 0 aromatic carbocycles. The van der Waals surface area contributed by atoms with E-state index in [4.69, 9.17) is 30.4 Å². The lowest BCUT2D eigenvalue weighted by atomic mass is 9.85. The number of carbonyl (C=O) groups excluding carboxylic acids is 4. The van der Waals surface area contributed by atoms with E-state index in [0.29, 0.717) is 17.6 Å². The summed E-state index contributed by atoms with van der Waals surface area (Å²) in [6, 6.07) is 0. The summed E-state index contributed by atoms with van der Waals surface area (Å²) in [6.45, 7) is 6.93. The molecule has 0 aliphatic heterocycles. The summed E-state index contributed by atoms with van der Waals surface area (Å²) in [7, 11) is 5.49. The van der Waals surface area contributed by atoms with Gasteiger partial charge in [0.1, 0.15) is 6.10 Å². The van der Waals surface area contributed by atoms with Crippen LogP contribution in [-0.2, 0) is 38.1 Å². The summed E-state index contributed by atoms with van der Waals surface area (Å²) in [5.74, 6) is -2.14. The number of ketones is 2. The lowest BCUT2D eigenvalue weighted by Gasteiger charge is -2.29. The van der Waals surface area contributed by atoms with Crippen LogP contribution in [0.1, 0.15) is 40.5 Å². The highest BCUT2D eigenvalue weighted by molar-refractivity contribution is 6.21. The van der Waals surface area contributed by atoms with Gasteiger partial charge in [-0.1, -0.05) is 38.2 Å². The fourth-order valence-electron chi connectivity index (χ4n) is 4.64. The van der Waals surface area contributed by atoms with Gasteiger partial charge in [-0.15, -0.1) is 0 Å². The number of Topliss-reactive ketones (excluding diaryl/α,β-unsaturated/α-hetero) is 1. The van der Waals surface area contributed by atoms with Gasteiger partial charge in [0.2, 0.25) is 11.6 Å². The van der Waals surface area contributed by atoms with E-state index in [1.54, 1.807) is 39.0 Å². The zero-order chi connectivity index (χ0) is 32.1. The molecule has 0 saturated heterocycles. The van der Waals surface area contributed by atoms with E-state index in [0.717, 1.165) is 6.08 Å². The number of amides is 1. The molecule has 0 heterocycles. The number of hydrogen-bond donors (Lipinski definition) is 3. The van der Waals surface area contributed by atoms with Crippen LogP contribution >= 0.6 is 0 Å². The summed E-state index contributed by atoms with van der Waals surface area (Å²) >= 11 is 0. The monoisotopic (exact) mass is 592 g/mol. The Bertz CT molecular complexity index is 1150. The van der Waals surface area contributed by atoms with E-state index < -0.39 is 54.0 Å². The van der Waals surface area contributed by atoms with Crippen LogP contribution in [0.25, 0.3) is 0 Å². The topological polar surface area (TPSA) is 187 Å². The second-order valence-corrected chi connectivity index (χ2v) is 10.2. The van der Waals surface area contributed by atoms with E-state index >= 15 is 0 Å². The van der Waals surface area contributed by atoms with Gasteiger partial charge >= 0.3 is 12.1 Å². The average molecular weight is 593 g/mol. The number of esters is 1. The van der Waals surface area contributed by atoms with Crippen molar-refractivity contribution in [3.63, 3.8) is 0 Å². The Morgan fingerprint density at radius 1 is 1.07 bits per heavy atom. The Kier molecular flexibility index (Phi) is 14.9.